The first-order valence-electron chi connectivity index (χ1n) is 6.15. The molecule has 0 saturated heterocycles. The van der Waals surface area contributed by atoms with Gasteiger partial charge in [0, 0.05) is 13.1 Å². The summed E-state index contributed by atoms with van der Waals surface area (Å²) in [6, 6.07) is 0.132. The van der Waals surface area contributed by atoms with Crippen molar-refractivity contribution >= 4 is 5.69 Å². The Morgan fingerprint density at radius 2 is 2.33 bits per heavy atom. The third-order valence-corrected chi connectivity index (χ3v) is 3.26. The standard InChI is InChI=1S/C11H18N4O3/c1-3-9-10(15(16)17)11(14(2)13-9)18-8-5-4-7(12)6-8/h7-8H,3-6,12H2,1-2H3. The minimum absolute atomic E-state index is 0.0135. The molecule has 7 nitrogen and oxygen atoms in total. The molecule has 1 aromatic rings. The molecule has 18 heavy (non-hydrogen) atoms. The minimum atomic E-state index is -0.421. The van der Waals surface area contributed by atoms with Gasteiger partial charge in [0.1, 0.15) is 11.8 Å². The van der Waals surface area contributed by atoms with Crippen molar-refractivity contribution in [1.82, 2.24) is 9.78 Å². The van der Waals surface area contributed by atoms with Crippen molar-refractivity contribution in [3.05, 3.63) is 15.8 Å². The molecule has 1 heterocycles. The number of hydrogen-bond acceptors (Lipinski definition) is 5. The van der Waals surface area contributed by atoms with Crippen LogP contribution in [0, 0.1) is 10.1 Å². The predicted molar refractivity (Wildman–Crippen MR) is 65.5 cm³/mol. The number of nitrogens with zero attached hydrogens (tertiary/aromatic N) is 3. The lowest BCUT2D eigenvalue weighted by Gasteiger charge is -2.12. The molecule has 0 aromatic carbocycles. The summed E-state index contributed by atoms with van der Waals surface area (Å²) < 4.78 is 7.18. The van der Waals surface area contributed by atoms with Gasteiger partial charge in [0.2, 0.25) is 0 Å². The zero-order valence-corrected chi connectivity index (χ0v) is 10.6. The molecular formula is C11H18N4O3. The van der Waals surface area contributed by atoms with Crippen LogP contribution in [-0.2, 0) is 13.5 Å². The quantitative estimate of drug-likeness (QED) is 0.642. The van der Waals surface area contributed by atoms with Crippen LogP contribution in [0.15, 0.2) is 0 Å². The molecule has 0 amide bonds. The van der Waals surface area contributed by atoms with Crippen molar-refractivity contribution in [2.75, 3.05) is 0 Å². The Kier molecular flexibility index (Phi) is 3.51. The number of ether oxygens (including phenoxy) is 1. The maximum absolute atomic E-state index is 11.1. The van der Waals surface area contributed by atoms with Crippen molar-refractivity contribution in [1.29, 1.82) is 0 Å². The third kappa shape index (κ3) is 2.31. The summed E-state index contributed by atoms with van der Waals surface area (Å²) in [6.07, 6.45) is 2.95. The molecule has 100 valence electrons. The Morgan fingerprint density at radius 3 is 2.83 bits per heavy atom. The van der Waals surface area contributed by atoms with E-state index in [4.69, 9.17) is 10.5 Å². The highest BCUT2D eigenvalue weighted by Gasteiger charge is 2.31. The molecule has 1 aliphatic carbocycles. The van der Waals surface area contributed by atoms with Crippen molar-refractivity contribution in [3.63, 3.8) is 0 Å². The Bertz CT molecular complexity index is 457. The van der Waals surface area contributed by atoms with Crippen LogP contribution < -0.4 is 10.5 Å². The van der Waals surface area contributed by atoms with Crippen LogP contribution in [0.3, 0.4) is 0 Å². The Morgan fingerprint density at radius 1 is 1.61 bits per heavy atom. The maximum atomic E-state index is 11.1. The fourth-order valence-corrected chi connectivity index (χ4v) is 2.34. The topological polar surface area (TPSA) is 96.2 Å². The normalized spacial score (nSPS) is 23.3. The number of hydrogen-bond donors (Lipinski definition) is 1. The molecule has 2 rings (SSSR count). The summed E-state index contributed by atoms with van der Waals surface area (Å²) in [5.41, 5.74) is 6.25. The molecule has 0 radical (unpaired) electrons. The average molecular weight is 254 g/mol. The third-order valence-electron chi connectivity index (χ3n) is 3.26. The Labute approximate surface area is 105 Å². The first-order valence-corrected chi connectivity index (χ1v) is 6.15. The van der Waals surface area contributed by atoms with Crippen LogP contribution in [0.2, 0.25) is 0 Å². The fraction of sp³-hybridized carbons (Fsp3) is 0.727. The summed E-state index contributed by atoms with van der Waals surface area (Å²) in [6.45, 7) is 1.84. The van der Waals surface area contributed by atoms with Gasteiger partial charge >= 0.3 is 5.69 Å². The van der Waals surface area contributed by atoms with Gasteiger partial charge in [-0.25, -0.2) is 4.68 Å². The van der Waals surface area contributed by atoms with Crippen molar-refractivity contribution in [2.24, 2.45) is 12.8 Å². The first-order chi connectivity index (χ1) is 8.52. The summed E-state index contributed by atoms with van der Waals surface area (Å²) in [7, 11) is 1.66. The van der Waals surface area contributed by atoms with E-state index in [1.807, 2.05) is 6.92 Å². The van der Waals surface area contributed by atoms with E-state index in [1.54, 1.807) is 7.05 Å². The first kappa shape index (κ1) is 12.8. The minimum Gasteiger partial charge on any atom is -0.470 e. The molecular weight excluding hydrogens is 236 g/mol. The molecule has 1 saturated carbocycles. The maximum Gasteiger partial charge on any atom is 0.353 e. The highest BCUT2D eigenvalue weighted by molar-refractivity contribution is 5.46. The molecule has 2 N–H and O–H groups in total. The van der Waals surface area contributed by atoms with Gasteiger partial charge in [-0.05, 0) is 25.7 Å². The van der Waals surface area contributed by atoms with E-state index in [9.17, 15) is 10.1 Å². The van der Waals surface area contributed by atoms with Crippen LogP contribution in [0.5, 0.6) is 5.88 Å². The predicted octanol–water partition coefficient (Wildman–Crippen LogP) is 1.15. The van der Waals surface area contributed by atoms with E-state index >= 15 is 0 Å². The summed E-state index contributed by atoms with van der Waals surface area (Å²) in [4.78, 5) is 10.7. The number of aromatic nitrogens is 2. The van der Waals surface area contributed by atoms with E-state index in [0.717, 1.165) is 19.3 Å². The van der Waals surface area contributed by atoms with Gasteiger partial charge in [-0.2, -0.15) is 5.10 Å². The second-order valence-corrected chi connectivity index (χ2v) is 4.65. The Hall–Kier alpha value is -1.63. The lowest BCUT2D eigenvalue weighted by Crippen LogP contribution is -2.20. The number of nitro groups is 1. The van der Waals surface area contributed by atoms with Crippen LogP contribution in [-0.4, -0.2) is 26.8 Å². The van der Waals surface area contributed by atoms with E-state index in [-0.39, 0.29) is 23.7 Å². The highest BCUT2D eigenvalue weighted by Crippen LogP contribution is 2.33. The van der Waals surface area contributed by atoms with Crippen LogP contribution >= 0.6 is 0 Å². The van der Waals surface area contributed by atoms with E-state index in [2.05, 4.69) is 5.10 Å². The smallest absolute Gasteiger partial charge is 0.353 e. The second kappa shape index (κ2) is 4.93. The number of nitrogens with two attached hydrogens (primary N) is 1. The zero-order chi connectivity index (χ0) is 13.3. The van der Waals surface area contributed by atoms with Crippen molar-refractivity contribution in [2.45, 2.75) is 44.8 Å². The monoisotopic (exact) mass is 254 g/mol. The van der Waals surface area contributed by atoms with Crippen molar-refractivity contribution < 1.29 is 9.66 Å². The van der Waals surface area contributed by atoms with E-state index in [0.29, 0.717) is 12.1 Å². The molecule has 0 bridgehead atoms. The SMILES string of the molecule is CCc1nn(C)c(OC2CCC(N)C2)c1[N+](=O)[O-]. The van der Waals surface area contributed by atoms with Gasteiger partial charge < -0.3 is 10.5 Å². The number of aryl methyl sites for hydroxylation is 2. The van der Waals surface area contributed by atoms with Crippen molar-refractivity contribution in [3.8, 4) is 5.88 Å². The molecule has 1 aliphatic rings. The molecule has 0 aliphatic heterocycles. The van der Waals surface area contributed by atoms with Crippen LogP contribution in [0.1, 0.15) is 31.9 Å². The van der Waals surface area contributed by atoms with Crippen LogP contribution in [0.4, 0.5) is 5.69 Å². The summed E-state index contributed by atoms with van der Waals surface area (Å²) in [5, 5.41) is 15.2. The fourth-order valence-electron chi connectivity index (χ4n) is 2.34. The lowest BCUT2D eigenvalue weighted by atomic mass is 10.3. The van der Waals surface area contributed by atoms with E-state index < -0.39 is 4.92 Å². The van der Waals surface area contributed by atoms with Gasteiger partial charge in [0.15, 0.2) is 0 Å². The van der Waals surface area contributed by atoms with Gasteiger partial charge in [0.05, 0.1) is 4.92 Å². The molecule has 2 atom stereocenters. The molecule has 1 aromatic heterocycles. The molecule has 7 heteroatoms. The number of rotatable bonds is 4. The molecule has 2 unspecified atom stereocenters. The summed E-state index contributed by atoms with van der Waals surface area (Å²) in [5.74, 6) is 0.246. The average Bonchev–Trinajstić information content (AvgIpc) is 2.84. The van der Waals surface area contributed by atoms with Gasteiger partial charge in [-0.3, -0.25) is 10.1 Å². The van der Waals surface area contributed by atoms with Gasteiger partial charge in [-0.15, -0.1) is 0 Å². The molecule has 0 spiro atoms. The van der Waals surface area contributed by atoms with E-state index in [1.165, 1.54) is 4.68 Å². The van der Waals surface area contributed by atoms with Crippen LogP contribution in [0.25, 0.3) is 0 Å². The summed E-state index contributed by atoms with van der Waals surface area (Å²) >= 11 is 0. The second-order valence-electron chi connectivity index (χ2n) is 4.65. The van der Waals surface area contributed by atoms with Gasteiger partial charge in [0.25, 0.3) is 5.88 Å². The highest BCUT2D eigenvalue weighted by atomic mass is 16.6. The molecule has 1 fully saturated rings. The lowest BCUT2D eigenvalue weighted by molar-refractivity contribution is -0.386. The largest absolute Gasteiger partial charge is 0.470 e. The zero-order valence-electron chi connectivity index (χ0n) is 10.6. The van der Waals surface area contributed by atoms with Gasteiger partial charge in [-0.1, -0.05) is 6.92 Å². The Balaban J connectivity index is 2.26.